The highest BCUT2D eigenvalue weighted by Crippen LogP contribution is 2.23. The molecule has 1 fully saturated rings. The van der Waals surface area contributed by atoms with Gasteiger partial charge in [-0.3, -0.25) is 9.69 Å². The summed E-state index contributed by atoms with van der Waals surface area (Å²) in [4.78, 5) is 21.1. The van der Waals surface area contributed by atoms with Crippen LogP contribution in [0.25, 0.3) is 10.2 Å². The molecule has 3 heterocycles. The number of furan rings is 1. The molecular weight excluding hydrogens is 310 g/mol. The summed E-state index contributed by atoms with van der Waals surface area (Å²) in [6.45, 7) is 4.03. The molecule has 6 heteroatoms. The summed E-state index contributed by atoms with van der Waals surface area (Å²) in [6, 6.07) is 11.7. The highest BCUT2D eigenvalue weighted by atomic mass is 32.1. The van der Waals surface area contributed by atoms with Gasteiger partial charge in [-0.05, 0) is 24.3 Å². The van der Waals surface area contributed by atoms with Crippen molar-refractivity contribution in [2.24, 2.45) is 0 Å². The van der Waals surface area contributed by atoms with Crippen molar-refractivity contribution in [2.45, 2.75) is 6.54 Å². The van der Waals surface area contributed by atoms with E-state index in [-0.39, 0.29) is 5.91 Å². The van der Waals surface area contributed by atoms with Crippen LogP contribution < -0.4 is 0 Å². The van der Waals surface area contributed by atoms with Gasteiger partial charge in [0, 0.05) is 26.2 Å². The van der Waals surface area contributed by atoms with Gasteiger partial charge in [-0.2, -0.15) is 0 Å². The third kappa shape index (κ3) is 3.00. The van der Waals surface area contributed by atoms with Gasteiger partial charge in [0.25, 0.3) is 5.91 Å². The number of fused-ring (bicyclic) bond motifs is 1. The highest BCUT2D eigenvalue weighted by Gasteiger charge is 2.24. The summed E-state index contributed by atoms with van der Waals surface area (Å²) in [5.41, 5.74) is 1.07. The molecule has 0 bridgehead atoms. The van der Waals surface area contributed by atoms with E-state index in [2.05, 4.69) is 22.0 Å². The second-order valence-electron chi connectivity index (χ2n) is 5.62. The zero-order valence-electron chi connectivity index (χ0n) is 12.6. The van der Waals surface area contributed by atoms with Gasteiger partial charge in [0.15, 0.2) is 5.76 Å². The Morgan fingerprint density at radius 2 is 1.96 bits per heavy atom. The molecule has 23 heavy (non-hydrogen) atoms. The van der Waals surface area contributed by atoms with Crippen LogP contribution in [0, 0.1) is 0 Å². The fourth-order valence-corrected chi connectivity index (χ4v) is 3.85. The lowest BCUT2D eigenvalue weighted by Gasteiger charge is -2.33. The van der Waals surface area contributed by atoms with Crippen molar-refractivity contribution in [2.75, 3.05) is 26.2 Å². The molecule has 1 saturated heterocycles. The van der Waals surface area contributed by atoms with Crippen LogP contribution in [0.4, 0.5) is 0 Å². The Labute approximate surface area is 138 Å². The van der Waals surface area contributed by atoms with E-state index >= 15 is 0 Å². The first-order chi connectivity index (χ1) is 11.3. The van der Waals surface area contributed by atoms with E-state index in [1.807, 2.05) is 17.0 Å². The predicted octanol–water partition coefficient (Wildman–Crippen LogP) is 2.85. The van der Waals surface area contributed by atoms with E-state index in [0.29, 0.717) is 5.76 Å². The van der Waals surface area contributed by atoms with Crippen LogP contribution in [0.5, 0.6) is 0 Å². The minimum atomic E-state index is -0.0189. The number of amides is 1. The van der Waals surface area contributed by atoms with Crippen molar-refractivity contribution in [3.05, 3.63) is 53.4 Å². The molecule has 1 amide bonds. The molecule has 0 N–H and O–H groups in total. The normalized spacial score (nSPS) is 16.1. The van der Waals surface area contributed by atoms with E-state index in [0.717, 1.165) is 43.2 Å². The van der Waals surface area contributed by atoms with E-state index < -0.39 is 0 Å². The van der Waals surface area contributed by atoms with E-state index in [1.165, 1.54) is 11.0 Å². The first-order valence-corrected chi connectivity index (χ1v) is 8.51. The first-order valence-electron chi connectivity index (χ1n) is 7.69. The number of para-hydroxylation sites is 1. The molecule has 0 spiro atoms. The molecule has 0 radical (unpaired) electrons. The van der Waals surface area contributed by atoms with E-state index in [9.17, 15) is 4.79 Å². The number of hydrogen-bond donors (Lipinski definition) is 0. The number of carbonyl (C=O) groups is 1. The fourth-order valence-electron chi connectivity index (χ4n) is 2.84. The van der Waals surface area contributed by atoms with Crippen molar-refractivity contribution < 1.29 is 9.21 Å². The lowest BCUT2D eigenvalue weighted by Crippen LogP contribution is -2.48. The van der Waals surface area contributed by atoms with Crippen LogP contribution in [-0.4, -0.2) is 46.9 Å². The predicted molar refractivity (Wildman–Crippen MR) is 89.5 cm³/mol. The first kappa shape index (κ1) is 14.4. The minimum Gasteiger partial charge on any atom is -0.459 e. The summed E-state index contributed by atoms with van der Waals surface area (Å²) in [5.74, 6) is 0.402. The Morgan fingerprint density at radius 1 is 1.13 bits per heavy atom. The van der Waals surface area contributed by atoms with E-state index in [4.69, 9.17) is 4.42 Å². The summed E-state index contributed by atoms with van der Waals surface area (Å²) < 4.78 is 6.42. The molecule has 118 valence electrons. The number of piperazine rings is 1. The fraction of sp³-hybridized carbons (Fsp3) is 0.294. The maximum absolute atomic E-state index is 12.2. The van der Waals surface area contributed by atoms with Gasteiger partial charge in [0.1, 0.15) is 5.01 Å². The zero-order valence-corrected chi connectivity index (χ0v) is 13.5. The van der Waals surface area contributed by atoms with Crippen LogP contribution in [0.15, 0.2) is 47.1 Å². The molecule has 0 unspecified atom stereocenters. The van der Waals surface area contributed by atoms with Gasteiger partial charge in [0.05, 0.1) is 23.0 Å². The molecule has 1 aliphatic rings. The second kappa shape index (κ2) is 6.14. The maximum atomic E-state index is 12.2. The van der Waals surface area contributed by atoms with Crippen molar-refractivity contribution in [3.63, 3.8) is 0 Å². The number of benzene rings is 1. The van der Waals surface area contributed by atoms with Crippen molar-refractivity contribution in [3.8, 4) is 0 Å². The second-order valence-corrected chi connectivity index (χ2v) is 6.74. The maximum Gasteiger partial charge on any atom is 0.289 e. The van der Waals surface area contributed by atoms with Crippen molar-refractivity contribution in [1.82, 2.24) is 14.8 Å². The summed E-state index contributed by atoms with van der Waals surface area (Å²) in [7, 11) is 0. The Morgan fingerprint density at radius 3 is 2.70 bits per heavy atom. The van der Waals surface area contributed by atoms with Gasteiger partial charge >= 0.3 is 0 Å². The van der Waals surface area contributed by atoms with Crippen LogP contribution in [-0.2, 0) is 6.54 Å². The standard InChI is InChI=1S/C17H17N3O2S/c21-17(14-5-3-11-22-14)20-9-7-19(8-10-20)12-16-18-13-4-1-2-6-15(13)23-16/h1-6,11H,7-10,12H2. The monoisotopic (exact) mass is 327 g/mol. The molecule has 4 rings (SSSR count). The summed E-state index contributed by atoms with van der Waals surface area (Å²) >= 11 is 1.75. The van der Waals surface area contributed by atoms with Crippen LogP contribution >= 0.6 is 11.3 Å². The molecule has 5 nitrogen and oxygen atoms in total. The molecule has 2 aromatic heterocycles. The number of carbonyl (C=O) groups excluding carboxylic acids is 1. The molecule has 0 saturated carbocycles. The van der Waals surface area contributed by atoms with Gasteiger partial charge in [0.2, 0.25) is 0 Å². The summed E-state index contributed by atoms with van der Waals surface area (Å²) in [5, 5.41) is 1.14. The molecule has 1 aliphatic heterocycles. The van der Waals surface area contributed by atoms with Gasteiger partial charge in [-0.1, -0.05) is 12.1 Å². The Balaban J connectivity index is 1.37. The lowest BCUT2D eigenvalue weighted by molar-refractivity contribution is 0.0598. The zero-order chi connectivity index (χ0) is 15.6. The van der Waals surface area contributed by atoms with Gasteiger partial charge in [-0.25, -0.2) is 4.98 Å². The van der Waals surface area contributed by atoms with Crippen LogP contribution in [0.2, 0.25) is 0 Å². The van der Waals surface area contributed by atoms with E-state index in [1.54, 1.807) is 23.5 Å². The van der Waals surface area contributed by atoms with Crippen molar-refractivity contribution >= 4 is 27.5 Å². The number of aromatic nitrogens is 1. The third-order valence-electron chi connectivity index (χ3n) is 4.09. The van der Waals surface area contributed by atoms with Gasteiger partial charge in [-0.15, -0.1) is 11.3 Å². The van der Waals surface area contributed by atoms with Crippen LogP contribution in [0.3, 0.4) is 0 Å². The number of rotatable bonds is 3. The quantitative estimate of drug-likeness (QED) is 0.742. The van der Waals surface area contributed by atoms with Crippen molar-refractivity contribution in [1.29, 1.82) is 0 Å². The Kier molecular flexibility index (Phi) is 3.85. The van der Waals surface area contributed by atoms with Crippen LogP contribution in [0.1, 0.15) is 15.6 Å². The molecule has 0 atom stereocenters. The third-order valence-corrected chi connectivity index (χ3v) is 5.11. The number of nitrogens with zero attached hydrogens (tertiary/aromatic N) is 3. The summed E-state index contributed by atoms with van der Waals surface area (Å²) in [6.07, 6.45) is 1.54. The SMILES string of the molecule is O=C(c1ccco1)N1CCN(Cc2nc3ccccc3s2)CC1. The number of thiazole rings is 1. The molecular formula is C17H17N3O2S. The smallest absolute Gasteiger partial charge is 0.289 e. The Bertz CT molecular complexity index is 771. The average Bonchev–Trinajstić information content (AvgIpc) is 3.24. The molecule has 0 aliphatic carbocycles. The minimum absolute atomic E-state index is 0.0189. The Hall–Kier alpha value is -2.18. The molecule has 3 aromatic rings. The van der Waals surface area contributed by atoms with Gasteiger partial charge < -0.3 is 9.32 Å². The topological polar surface area (TPSA) is 49.6 Å². The molecule has 1 aromatic carbocycles. The largest absolute Gasteiger partial charge is 0.459 e. The highest BCUT2D eigenvalue weighted by molar-refractivity contribution is 7.18. The average molecular weight is 327 g/mol. The lowest BCUT2D eigenvalue weighted by atomic mass is 10.3. The number of hydrogen-bond acceptors (Lipinski definition) is 5.